The molecule has 0 aliphatic carbocycles. The van der Waals surface area contributed by atoms with Crippen molar-refractivity contribution in [2.75, 3.05) is 26.0 Å². The Kier molecular flexibility index (Phi) is 5.78. The van der Waals surface area contributed by atoms with Gasteiger partial charge in [0.2, 0.25) is 0 Å². The minimum absolute atomic E-state index is 0.755. The van der Waals surface area contributed by atoms with Crippen LogP contribution in [-0.4, -0.2) is 25.5 Å². The standard InChI is InChI=1S/C16H22N2/c1-5-16(18(3)4)12-11-14(2)13-17-15-9-7-6-8-10-15/h5-12,17H,2,13H2,1,3-4H3/b12-11-,16-5+. The molecule has 0 aromatic heterocycles. The van der Waals surface area contributed by atoms with Gasteiger partial charge >= 0.3 is 0 Å². The van der Waals surface area contributed by atoms with Gasteiger partial charge in [-0.25, -0.2) is 0 Å². The van der Waals surface area contributed by atoms with Crippen LogP contribution < -0.4 is 5.32 Å². The lowest BCUT2D eigenvalue weighted by molar-refractivity contribution is 0.529. The molecular formula is C16H22N2. The molecule has 2 nitrogen and oxygen atoms in total. The van der Waals surface area contributed by atoms with Crippen LogP contribution in [0.2, 0.25) is 0 Å². The zero-order valence-corrected chi connectivity index (χ0v) is 11.5. The van der Waals surface area contributed by atoms with E-state index in [1.165, 1.54) is 5.70 Å². The van der Waals surface area contributed by atoms with Crippen molar-refractivity contribution >= 4 is 5.69 Å². The van der Waals surface area contributed by atoms with Gasteiger partial charge in [-0.05, 0) is 30.7 Å². The number of rotatable bonds is 6. The lowest BCUT2D eigenvalue weighted by atomic mass is 10.2. The summed E-state index contributed by atoms with van der Waals surface area (Å²) in [5.41, 5.74) is 3.35. The van der Waals surface area contributed by atoms with Crippen LogP contribution in [0, 0.1) is 0 Å². The molecule has 0 radical (unpaired) electrons. The van der Waals surface area contributed by atoms with Gasteiger partial charge in [0.25, 0.3) is 0 Å². The molecule has 0 saturated carbocycles. The summed E-state index contributed by atoms with van der Waals surface area (Å²) in [5.74, 6) is 0. The summed E-state index contributed by atoms with van der Waals surface area (Å²) in [6.07, 6.45) is 6.20. The Morgan fingerprint density at radius 2 is 1.89 bits per heavy atom. The fourth-order valence-corrected chi connectivity index (χ4v) is 1.54. The predicted molar refractivity (Wildman–Crippen MR) is 80.7 cm³/mol. The second-order valence-electron chi connectivity index (χ2n) is 4.32. The maximum atomic E-state index is 4.04. The number of nitrogens with one attached hydrogen (secondary N) is 1. The smallest absolute Gasteiger partial charge is 0.0394 e. The van der Waals surface area contributed by atoms with E-state index in [2.05, 4.69) is 28.9 Å². The van der Waals surface area contributed by atoms with Crippen molar-refractivity contribution in [2.45, 2.75) is 6.92 Å². The summed E-state index contributed by atoms with van der Waals surface area (Å²) < 4.78 is 0. The van der Waals surface area contributed by atoms with Crippen LogP contribution in [-0.2, 0) is 0 Å². The fourth-order valence-electron chi connectivity index (χ4n) is 1.54. The molecular weight excluding hydrogens is 220 g/mol. The molecule has 0 spiro atoms. The Morgan fingerprint density at radius 3 is 2.44 bits per heavy atom. The Bertz CT molecular complexity index is 428. The highest BCUT2D eigenvalue weighted by molar-refractivity contribution is 5.44. The predicted octanol–water partition coefficient (Wildman–Crippen LogP) is 3.68. The van der Waals surface area contributed by atoms with Gasteiger partial charge in [-0.2, -0.15) is 0 Å². The van der Waals surface area contributed by atoms with Crippen LogP contribution in [0.15, 0.2) is 66.4 Å². The molecule has 1 aromatic carbocycles. The van der Waals surface area contributed by atoms with E-state index in [9.17, 15) is 0 Å². The first-order valence-electron chi connectivity index (χ1n) is 6.12. The molecule has 18 heavy (non-hydrogen) atoms. The Morgan fingerprint density at radius 1 is 1.22 bits per heavy atom. The molecule has 1 rings (SSSR count). The zero-order chi connectivity index (χ0) is 13.4. The van der Waals surface area contributed by atoms with Gasteiger partial charge in [0.05, 0.1) is 0 Å². The molecule has 0 aliphatic rings. The normalized spacial score (nSPS) is 11.6. The number of para-hydroxylation sites is 1. The molecule has 96 valence electrons. The molecule has 0 amide bonds. The van der Waals surface area contributed by atoms with Crippen molar-refractivity contribution in [1.29, 1.82) is 0 Å². The molecule has 0 bridgehead atoms. The van der Waals surface area contributed by atoms with Crippen LogP contribution in [0.5, 0.6) is 0 Å². The second kappa shape index (κ2) is 7.38. The van der Waals surface area contributed by atoms with Crippen LogP contribution in [0.25, 0.3) is 0 Å². The highest BCUT2D eigenvalue weighted by Gasteiger charge is 1.94. The van der Waals surface area contributed by atoms with E-state index in [0.29, 0.717) is 0 Å². The number of anilines is 1. The summed E-state index contributed by atoms with van der Waals surface area (Å²) in [6.45, 7) is 6.83. The van der Waals surface area contributed by atoms with E-state index in [0.717, 1.165) is 17.8 Å². The first-order valence-corrected chi connectivity index (χ1v) is 6.12. The summed E-state index contributed by atoms with van der Waals surface area (Å²) in [6, 6.07) is 10.1. The number of likely N-dealkylation sites (N-methyl/N-ethyl adjacent to an activating group) is 1. The van der Waals surface area contributed by atoms with Gasteiger partial charge < -0.3 is 10.2 Å². The minimum Gasteiger partial charge on any atom is -0.381 e. The summed E-state index contributed by atoms with van der Waals surface area (Å²) in [5, 5.41) is 3.33. The first-order chi connectivity index (χ1) is 8.63. The number of allylic oxidation sites excluding steroid dienone is 2. The molecule has 0 atom stereocenters. The van der Waals surface area contributed by atoms with Crippen molar-refractivity contribution < 1.29 is 0 Å². The maximum absolute atomic E-state index is 4.04. The van der Waals surface area contributed by atoms with Gasteiger partial charge in [-0.15, -0.1) is 0 Å². The second-order valence-corrected chi connectivity index (χ2v) is 4.32. The van der Waals surface area contributed by atoms with Crippen LogP contribution >= 0.6 is 0 Å². The molecule has 1 aromatic rings. The van der Waals surface area contributed by atoms with Crippen molar-refractivity contribution in [3.63, 3.8) is 0 Å². The number of nitrogens with zero attached hydrogens (tertiary/aromatic N) is 1. The quantitative estimate of drug-likeness (QED) is 0.766. The van der Waals surface area contributed by atoms with Gasteiger partial charge in [0.1, 0.15) is 0 Å². The monoisotopic (exact) mass is 242 g/mol. The number of hydrogen-bond donors (Lipinski definition) is 1. The highest BCUT2D eigenvalue weighted by Crippen LogP contribution is 2.07. The molecule has 0 aliphatic heterocycles. The Hall–Kier alpha value is -1.96. The summed E-state index contributed by atoms with van der Waals surface area (Å²) in [7, 11) is 4.06. The van der Waals surface area contributed by atoms with E-state index in [-0.39, 0.29) is 0 Å². The Labute approximate surface area is 110 Å². The van der Waals surface area contributed by atoms with Crippen LogP contribution in [0.3, 0.4) is 0 Å². The van der Waals surface area contributed by atoms with E-state index < -0.39 is 0 Å². The SMILES string of the molecule is C=C(/C=C\C(=C/C)N(C)C)CNc1ccccc1. The largest absolute Gasteiger partial charge is 0.381 e. The zero-order valence-electron chi connectivity index (χ0n) is 11.5. The lowest BCUT2D eigenvalue weighted by Gasteiger charge is -2.13. The topological polar surface area (TPSA) is 15.3 Å². The third-order valence-corrected chi connectivity index (χ3v) is 2.60. The third kappa shape index (κ3) is 4.91. The lowest BCUT2D eigenvalue weighted by Crippen LogP contribution is -2.09. The molecule has 1 N–H and O–H groups in total. The van der Waals surface area contributed by atoms with Gasteiger partial charge in [0, 0.05) is 32.0 Å². The maximum Gasteiger partial charge on any atom is 0.0394 e. The average molecular weight is 242 g/mol. The van der Waals surface area contributed by atoms with E-state index in [4.69, 9.17) is 0 Å². The van der Waals surface area contributed by atoms with Gasteiger partial charge in [0.15, 0.2) is 0 Å². The van der Waals surface area contributed by atoms with Crippen molar-refractivity contribution in [1.82, 2.24) is 4.90 Å². The fraction of sp³-hybridized carbons (Fsp3) is 0.250. The van der Waals surface area contributed by atoms with E-state index in [1.807, 2.05) is 57.4 Å². The summed E-state index contributed by atoms with van der Waals surface area (Å²) >= 11 is 0. The third-order valence-electron chi connectivity index (χ3n) is 2.60. The highest BCUT2D eigenvalue weighted by atomic mass is 15.1. The van der Waals surface area contributed by atoms with E-state index in [1.54, 1.807) is 0 Å². The minimum atomic E-state index is 0.755. The molecule has 0 heterocycles. The average Bonchev–Trinajstić information content (AvgIpc) is 2.38. The first kappa shape index (κ1) is 14.1. The van der Waals surface area contributed by atoms with Crippen LogP contribution in [0.1, 0.15) is 6.92 Å². The van der Waals surface area contributed by atoms with Crippen molar-refractivity contribution in [3.05, 3.63) is 66.4 Å². The summed E-state index contributed by atoms with van der Waals surface area (Å²) in [4.78, 5) is 2.08. The Balaban J connectivity index is 2.45. The van der Waals surface area contributed by atoms with Gasteiger partial charge in [-0.3, -0.25) is 0 Å². The number of hydrogen-bond acceptors (Lipinski definition) is 2. The van der Waals surface area contributed by atoms with Crippen molar-refractivity contribution in [3.8, 4) is 0 Å². The molecule has 0 fully saturated rings. The number of benzene rings is 1. The van der Waals surface area contributed by atoms with Crippen molar-refractivity contribution in [2.24, 2.45) is 0 Å². The molecule has 2 heteroatoms. The van der Waals surface area contributed by atoms with E-state index >= 15 is 0 Å². The van der Waals surface area contributed by atoms with Crippen LogP contribution in [0.4, 0.5) is 5.69 Å². The van der Waals surface area contributed by atoms with Gasteiger partial charge in [-0.1, -0.05) is 36.9 Å². The molecule has 0 unspecified atom stereocenters. The molecule has 0 saturated heterocycles.